The van der Waals surface area contributed by atoms with Crippen molar-refractivity contribution in [3.8, 4) is 11.5 Å². The smallest absolute Gasteiger partial charge is 0.275 e. The molecule has 2 aromatic carbocycles. The van der Waals surface area contributed by atoms with Gasteiger partial charge in [-0.1, -0.05) is 6.07 Å². The van der Waals surface area contributed by atoms with Gasteiger partial charge in [-0.3, -0.25) is 19.6 Å². The third kappa shape index (κ3) is 5.81. The van der Waals surface area contributed by atoms with Crippen LogP contribution in [0.3, 0.4) is 0 Å². The van der Waals surface area contributed by atoms with E-state index in [9.17, 15) is 14.9 Å². The number of hydrogen-bond acceptors (Lipinski definition) is 5. The van der Waals surface area contributed by atoms with Crippen molar-refractivity contribution >= 4 is 39.9 Å². The molecular formula is C22H23IN4O4. The number of benzene rings is 2. The Morgan fingerprint density at radius 1 is 1.19 bits per heavy atom. The molecule has 0 fully saturated rings. The number of non-ortho nitro benzene ring substituents is 1. The third-order valence-electron chi connectivity index (χ3n) is 4.83. The fourth-order valence-electron chi connectivity index (χ4n) is 3.10. The zero-order valence-electron chi connectivity index (χ0n) is 17.7. The first-order valence-corrected chi connectivity index (χ1v) is 10.7. The number of rotatable bonds is 7. The van der Waals surface area contributed by atoms with E-state index in [1.165, 1.54) is 12.1 Å². The minimum Gasteiger partial charge on any atom is -0.457 e. The first kappa shape index (κ1) is 22.7. The van der Waals surface area contributed by atoms with Crippen LogP contribution in [0.1, 0.15) is 28.8 Å². The number of nitro groups is 1. The van der Waals surface area contributed by atoms with Crippen LogP contribution in [0.25, 0.3) is 0 Å². The molecule has 0 aliphatic carbocycles. The Bertz CT molecular complexity index is 1140. The quantitative estimate of drug-likeness (QED) is 0.247. The van der Waals surface area contributed by atoms with E-state index < -0.39 is 4.92 Å². The molecule has 0 saturated carbocycles. The molecule has 3 aromatic rings. The Kier molecular flexibility index (Phi) is 6.94. The normalized spacial score (nSPS) is 10.7. The zero-order chi connectivity index (χ0) is 22.7. The predicted octanol–water partition coefficient (Wildman–Crippen LogP) is 5.45. The molecule has 162 valence electrons. The highest BCUT2D eigenvalue weighted by Crippen LogP contribution is 2.33. The Labute approximate surface area is 193 Å². The van der Waals surface area contributed by atoms with Crippen molar-refractivity contribution < 1.29 is 14.5 Å². The van der Waals surface area contributed by atoms with Gasteiger partial charge in [0.05, 0.1) is 25.9 Å². The molecule has 1 heterocycles. The van der Waals surface area contributed by atoms with Crippen LogP contribution in [0, 0.1) is 41.4 Å². The summed E-state index contributed by atoms with van der Waals surface area (Å²) in [4.78, 5) is 23.3. The maximum Gasteiger partial charge on any atom is 0.275 e. The topological polar surface area (TPSA) is 99.3 Å². The van der Waals surface area contributed by atoms with E-state index >= 15 is 0 Å². The standard InChI is InChI=1S/C22H23IN4O4/c1-13-7-14(2)15(3)21(8-13)31-19-10-17(9-18(11-19)27(29)30)24-22(28)5-6-26-12-20(23)16(4)25-26/h7-12H,5-6H2,1-4H3,(H,24,28). The lowest BCUT2D eigenvalue weighted by molar-refractivity contribution is -0.384. The van der Waals surface area contributed by atoms with Gasteiger partial charge < -0.3 is 10.1 Å². The Morgan fingerprint density at radius 2 is 1.94 bits per heavy atom. The largest absolute Gasteiger partial charge is 0.457 e. The van der Waals surface area contributed by atoms with Crippen molar-refractivity contribution in [3.63, 3.8) is 0 Å². The molecule has 0 unspecified atom stereocenters. The number of carbonyl (C=O) groups is 1. The maximum atomic E-state index is 12.4. The second-order valence-corrected chi connectivity index (χ2v) is 8.57. The van der Waals surface area contributed by atoms with Crippen LogP contribution in [0.4, 0.5) is 11.4 Å². The van der Waals surface area contributed by atoms with Gasteiger partial charge in [-0.15, -0.1) is 0 Å². The van der Waals surface area contributed by atoms with Gasteiger partial charge in [-0.25, -0.2) is 0 Å². The number of halogens is 1. The van der Waals surface area contributed by atoms with E-state index in [0.29, 0.717) is 18.0 Å². The summed E-state index contributed by atoms with van der Waals surface area (Å²) >= 11 is 2.19. The second-order valence-electron chi connectivity index (χ2n) is 7.40. The van der Waals surface area contributed by atoms with Crippen molar-refractivity contribution in [2.75, 3.05) is 5.32 Å². The molecule has 0 aliphatic rings. The zero-order valence-corrected chi connectivity index (χ0v) is 19.9. The molecule has 31 heavy (non-hydrogen) atoms. The number of ether oxygens (including phenoxy) is 1. The van der Waals surface area contributed by atoms with Crippen LogP contribution in [-0.2, 0) is 11.3 Å². The van der Waals surface area contributed by atoms with Crippen LogP contribution in [-0.4, -0.2) is 20.6 Å². The van der Waals surface area contributed by atoms with E-state index in [1.54, 1.807) is 10.7 Å². The van der Waals surface area contributed by atoms with E-state index in [0.717, 1.165) is 26.0 Å². The third-order valence-corrected chi connectivity index (χ3v) is 5.89. The number of nitrogens with zero attached hydrogens (tertiary/aromatic N) is 3. The molecule has 0 radical (unpaired) electrons. The van der Waals surface area contributed by atoms with E-state index in [2.05, 4.69) is 33.0 Å². The van der Waals surface area contributed by atoms with E-state index in [4.69, 9.17) is 4.74 Å². The Morgan fingerprint density at radius 3 is 2.58 bits per heavy atom. The summed E-state index contributed by atoms with van der Waals surface area (Å²) in [5.41, 5.74) is 4.10. The van der Waals surface area contributed by atoms with Gasteiger partial charge in [0.1, 0.15) is 11.5 Å². The molecule has 1 aromatic heterocycles. The highest BCUT2D eigenvalue weighted by Gasteiger charge is 2.15. The van der Waals surface area contributed by atoms with Gasteiger partial charge in [0.15, 0.2) is 0 Å². The number of aromatic nitrogens is 2. The lowest BCUT2D eigenvalue weighted by Gasteiger charge is -2.13. The first-order chi connectivity index (χ1) is 14.6. The Balaban J connectivity index is 1.78. The summed E-state index contributed by atoms with van der Waals surface area (Å²) in [5, 5.41) is 18.4. The minimum atomic E-state index is -0.509. The molecular weight excluding hydrogens is 511 g/mol. The van der Waals surface area contributed by atoms with Crippen LogP contribution in [0.5, 0.6) is 11.5 Å². The number of amides is 1. The maximum absolute atomic E-state index is 12.4. The summed E-state index contributed by atoms with van der Waals surface area (Å²) in [6.45, 7) is 8.19. The molecule has 0 aliphatic heterocycles. The highest BCUT2D eigenvalue weighted by molar-refractivity contribution is 14.1. The van der Waals surface area contributed by atoms with E-state index in [1.807, 2.05) is 46.0 Å². The van der Waals surface area contributed by atoms with Gasteiger partial charge >= 0.3 is 0 Å². The molecule has 0 atom stereocenters. The average molecular weight is 534 g/mol. The predicted molar refractivity (Wildman–Crippen MR) is 127 cm³/mol. The number of nitro benzene ring substituents is 1. The number of anilines is 1. The van der Waals surface area contributed by atoms with Crippen LogP contribution in [0.15, 0.2) is 36.5 Å². The van der Waals surface area contributed by atoms with Gasteiger partial charge in [0, 0.05) is 31.3 Å². The van der Waals surface area contributed by atoms with Gasteiger partial charge in [-0.2, -0.15) is 5.10 Å². The SMILES string of the molecule is Cc1cc(C)c(C)c(Oc2cc(NC(=O)CCn3cc(I)c(C)n3)cc([N+](=O)[O-])c2)c1. The van der Waals surface area contributed by atoms with Crippen molar-refractivity contribution in [2.45, 2.75) is 40.7 Å². The summed E-state index contributed by atoms with van der Waals surface area (Å²) in [6, 6.07) is 8.18. The fourth-order valence-corrected chi connectivity index (χ4v) is 3.53. The number of nitrogens with one attached hydrogen (secondary N) is 1. The Hall–Kier alpha value is -2.95. The van der Waals surface area contributed by atoms with Crippen molar-refractivity contribution in [1.29, 1.82) is 0 Å². The highest BCUT2D eigenvalue weighted by atomic mass is 127. The first-order valence-electron chi connectivity index (χ1n) is 9.67. The summed E-state index contributed by atoms with van der Waals surface area (Å²) in [6.07, 6.45) is 2.06. The summed E-state index contributed by atoms with van der Waals surface area (Å²) in [7, 11) is 0. The summed E-state index contributed by atoms with van der Waals surface area (Å²) < 4.78 is 8.70. The van der Waals surface area contributed by atoms with Crippen molar-refractivity contribution in [1.82, 2.24) is 9.78 Å². The van der Waals surface area contributed by atoms with Crippen LogP contribution in [0.2, 0.25) is 0 Å². The number of carbonyl (C=O) groups excluding carboxylic acids is 1. The molecule has 9 heteroatoms. The molecule has 0 saturated heterocycles. The van der Waals surface area contributed by atoms with Gasteiger partial charge in [0.2, 0.25) is 5.91 Å². The molecule has 3 rings (SSSR count). The van der Waals surface area contributed by atoms with Crippen LogP contribution < -0.4 is 10.1 Å². The molecule has 0 bridgehead atoms. The molecule has 8 nitrogen and oxygen atoms in total. The number of aryl methyl sites for hydroxylation is 4. The monoisotopic (exact) mass is 534 g/mol. The average Bonchev–Trinajstić information content (AvgIpc) is 3.01. The molecule has 0 spiro atoms. The fraction of sp³-hybridized carbons (Fsp3) is 0.273. The number of hydrogen-bond donors (Lipinski definition) is 1. The molecule has 1 amide bonds. The van der Waals surface area contributed by atoms with Crippen molar-refractivity contribution in [2.24, 2.45) is 0 Å². The second kappa shape index (κ2) is 9.46. The lowest BCUT2D eigenvalue weighted by Crippen LogP contribution is -2.15. The van der Waals surface area contributed by atoms with Gasteiger partial charge in [0.25, 0.3) is 5.69 Å². The minimum absolute atomic E-state index is 0.160. The van der Waals surface area contributed by atoms with Crippen LogP contribution >= 0.6 is 22.6 Å². The van der Waals surface area contributed by atoms with E-state index in [-0.39, 0.29) is 23.8 Å². The lowest BCUT2D eigenvalue weighted by atomic mass is 10.1. The molecule has 1 N–H and O–H groups in total. The summed E-state index contributed by atoms with van der Waals surface area (Å²) in [5.74, 6) is 0.644. The van der Waals surface area contributed by atoms with Crippen molar-refractivity contribution in [3.05, 3.63) is 72.6 Å². The van der Waals surface area contributed by atoms with Gasteiger partial charge in [-0.05, 0) is 73.0 Å².